The van der Waals surface area contributed by atoms with Crippen LogP contribution >= 0.6 is 0 Å². The van der Waals surface area contributed by atoms with E-state index in [2.05, 4.69) is 30.7 Å². The van der Waals surface area contributed by atoms with Gasteiger partial charge in [0.15, 0.2) is 5.76 Å². The van der Waals surface area contributed by atoms with E-state index in [4.69, 9.17) is 4.74 Å². The lowest BCUT2D eigenvalue weighted by Gasteiger charge is -2.31. The largest absolute Gasteiger partial charge is 0.505 e. The second-order valence-corrected chi connectivity index (χ2v) is 11.2. The Morgan fingerprint density at radius 2 is 1.74 bits per heavy atom. The van der Waals surface area contributed by atoms with Crippen molar-refractivity contribution in [3.8, 4) is 0 Å². The summed E-state index contributed by atoms with van der Waals surface area (Å²) < 4.78 is 7.25. The van der Waals surface area contributed by atoms with Gasteiger partial charge < -0.3 is 14.7 Å². The minimum atomic E-state index is -0.695. The van der Waals surface area contributed by atoms with E-state index >= 15 is 0 Å². The highest BCUT2D eigenvalue weighted by Gasteiger charge is 2.46. The van der Waals surface area contributed by atoms with Crippen molar-refractivity contribution >= 4 is 23.1 Å². The number of aromatic nitrogens is 2. The molecule has 38 heavy (non-hydrogen) atoms. The number of pyridine rings is 1. The van der Waals surface area contributed by atoms with Crippen LogP contribution in [0.5, 0.6) is 0 Å². The number of imidazole rings is 1. The second-order valence-electron chi connectivity index (χ2n) is 11.2. The summed E-state index contributed by atoms with van der Waals surface area (Å²) in [4.78, 5) is 35.5. The number of rotatable bonds is 5. The molecule has 0 unspecified atom stereocenters. The second kappa shape index (κ2) is 10.0. The Bertz CT molecular complexity index is 1410. The molecule has 2 aliphatic heterocycles. The highest BCUT2D eigenvalue weighted by Crippen LogP contribution is 2.40. The van der Waals surface area contributed by atoms with Gasteiger partial charge in [-0.3, -0.25) is 18.9 Å². The molecule has 0 radical (unpaired) electrons. The number of ether oxygens (including phenoxy) is 1. The molecule has 1 amide bonds. The first-order valence-corrected chi connectivity index (χ1v) is 13.2. The summed E-state index contributed by atoms with van der Waals surface area (Å²) >= 11 is 0. The summed E-state index contributed by atoms with van der Waals surface area (Å²) in [6, 6.07) is 11.2. The molecule has 0 bridgehead atoms. The first kappa shape index (κ1) is 26.1. The summed E-state index contributed by atoms with van der Waals surface area (Å²) in [5.74, 6) is -1.46. The van der Waals surface area contributed by atoms with Gasteiger partial charge in [0.1, 0.15) is 11.3 Å². The van der Waals surface area contributed by atoms with Crippen molar-refractivity contribution in [3.05, 3.63) is 76.2 Å². The van der Waals surface area contributed by atoms with Crippen LogP contribution in [-0.4, -0.2) is 75.4 Å². The van der Waals surface area contributed by atoms with E-state index in [1.807, 2.05) is 56.4 Å². The van der Waals surface area contributed by atoms with E-state index in [1.54, 1.807) is 9.30 Å². The SMILES string of the molecule is Cc1nc2c(C)cccn2c1C(O)=C1C(=O)C(=O)N(CCN2CCOCC2)[C@H]1c1ccc(C(C)(C)C)cc1. The number of ketones is 1. The lowest BCUT2D eigenvalue weighted by atomic mass is 9.85. The van der Waals surface area contributed by atoms with Gasteiger partial charge in [-0.2, -0.15) is 0 Å². The Hall–Kier alpha value is -3.49. The lowest BCUT2D eigenvalue weighted by molar-refractivity contribution is -0.140. The molecule has 4 heterocycles. The molecule has 1 atom stereocenters. The molecule has 200 valence electrons. The molecule has 1 aromatic carbocycles. The average molecular weight is 517 g/mol. The normalized spacial score (nSPS) is 20.6. The summed E-state index contributed by atoms with van der Waals surface area (Å²) in [5, 5.41) is 11.7. The van der Waals surface area contributed by atoms with E-state index in [1.165, 1.54) is 0 Å². The smallest absolute Gasteiger partial charge is 0.295 e. The van der Waals surface area contributed by atoms with Crippen molar-refractivity contribution in [1.82, 2.24) is 19.2 Å². The minimum absolute atomic E-state index is 0.0395. The van der Waals surface area contributed by atoms with Crippen molar-refractivity contribution in [3.63, 3.8) is 0 Å². The van der Waals surface area contributed by atoms with Crippen molar-refractivity contribution in [2.75, 3.05) is 39.4 Å². The van der Waals surface area contributed by atoms with Crippen LogP contribution in [0, 0.1) is 13.8 Å². The fourth-order valence-electron chi connectivity index (χ4n) is 5.43. The fourth-order valence-corrected chi connectivity index (χ4v) is 5.43. The van der Waals surface area contributed by atoms with Crippen molar-refractivity contribution < 1.29 is 19.4 Å². The Labute approximate surface area is 223 Å². The number of carbonyl (C=O) groups is 2. The zero-order valence-electron chi connectivity index (χ0n) is 22.8. The van der Waals surface area contributed by atoms with Gasteiger partial charge in [-0.1, -0.05) is 51.1 Å². The van der Waals surface area contributed by atoms with E-state index in [-0.39, 0.29) is 16.7 Å². The highest BCUT2D eigenvalue weighted by atomic mass is 16.5. The Morgan fingerprint density at radius 1 is 1.05 bits per heavy atom. The minimum Gasteiger partial charge on any atom is -0.505 e. The van der Waals surface area contributed by atoms with E-state index < -0.39 is 17.7 Å². The Balaban J connectivity index is 1.62. The molecule has 1 N–H and O–H groups in total. The maximum absolute atomic E-state index is 13.6. The number of fused-ring (bicyclic) bond motifs is 1. The molecule has 3 aromatic rings. The number of hydrogen-bond donors (Lipinski definition) is 1. The van der Waals surface area contributed by atoms with Crippen molar-refractivity contribution in [2.24, 2.45) is 0 Å². The third-order valence-corrected chi connectivity index (χ3v) is 7.64. The zero-order chi connectivity index (χ0) is 27.2. The van der Waals surface area contributed by atoms with Crippen LogP contribution in [0.3, 0.4) is 0 Å². The van der Waals surface area contributed by atoms with Crippen LogP contribution in [-0.2, 0) is 19.7 Å². The number of amides is 1. The monoisotopic (exact) mass is 516 g/mol. The van der Waals surface area contributed by atoms with Gasteiger partial charge in [0.2, 0.25) is 0 Å². The van der Waals surface area contributed by atoms with Gasteiger partial charge in [-0.15, -0.1) is 0 Å². The maximum Gasteiger partial charge on any atom is 0.295 e. The molecule has 8 nitrogen and oxygen atoms in total. The summed E-state index contributed by atoms with van der Waals surface area (Å²) in [5.41, 5.74) is 4.70. The molecule has 0 saturated carbocycles. The highest BCUT2D eigenvalue weighted by molar-refractivity contribution is 6.46. The number of aliphatic hydroxyl groups is 1. The van der Waals surface area contributed by atoms with Gasteiger partial charge in [-0.05, 0) is 42.0 Å². The molecule has 0 spiro atoms. The standard InChI is InChI=1S/C30H36N4O4/c1-19-7-6-12-33-24(20(2)31-28(19)33)26(35)23-25(21-8-10-22(11-9-21)30(3,4)5)34(29(37)27(23)36)14-13-32-15-17-38-18-16-32/h6-12,25,35H,13-18H2,1-5H3/t25-/m0/s1. The van der Waals surface area contributed by atoms with Crippen LogP contribution in [0.1, 0.15) is 54.9 Å². The molecular formula is C30H36N4O4. The van der Waals surface area contributed by atoms with Crippen LogP contribution in [0.4, 0.5) is 0 Å². The molecule has 0 aliphatic carbocycles. The Kier molecular flexibility index (Phi) is 6.88. The summed E-state index contributed by atoms with van der Waals surface area (Å²) in [6.07, 6.45) is 1.82. The quantitative estimate of drug-likeness (QED) is 0.313. The number of likely N-dealkylation sites (tertiary alicyclic amines) is 1. The molecule has 2 saturated heterocycles. The number of Topliss-reactive ketones (excluding diaryl/α,β-unsaturated/α-hetero) is 1. The summed E-state index contributed by atoms with van der Waals surface area (Å²) in [7, 11) is 0. The number of nitrogens with zero attached hydrogens (tertiary/aromatic N) is 4. The number of aliphatic hydroxyl groups excluding tert-OH is 1. The summed E-state index contributed by atoms with van der Waals surface area (Å²) in [6.45, 7) is 14.1. The first-order chi connectivity index (χ1) is 18.1. The number of aryl methyl sites for hydroxylation is 2. The number of morpholine rings is 1. The Morgan fingerprint density at radius 3 is 2.39 bits per heavy atom. The van der Waals surface area contributed by atoms with Crippen LogP contribution < -0.4 is 0 Å². The molecule has 2 fully saturated rings. The lowest BCUT2D eigenvalue weighted by Crippen LogP contribution is -2.42. The molecule has 2 aromatic heterocycles. The number of benzene rings is 1. The van der Waals surface area contributed by atoms with Gasteiger partial charge in [0.05, 0.1) is 30.5 Å². The van der Waals surface area contributed by atoms with E-state index in [0.29, 0.717) is 43.3 Å². The van der Waals surface area contributed by atoms with Gasteiger partial charge in [-0.25, -0.2) is 4.98 Å². The predicted molar refractivity (Wildman–Crippen MR) is 146 cm³/mol. The number of carbonyl (C=O) groups excluding carboxylic acids is 2. The van der Waals surface area contributed by atoms with Crippen molar-refractivity contribution in [1.29, 1.82) is 0 Å². The molecular weight excluding hydrogens is 480 g/mol. The third kappa shape index (κ3) is 4.63. The fraction of sp³-hybridized carbons (Fsp3) is 0.433. The number of hydrogen-bond acceptors (Lipinski definition) is 6. The maximum atomic E-state index is 13.6. The molecule has 2 aliphatic rings. The topological polar surface area (TPSA) is 87.4 Å². The van der Waals surface area contributed by atoms with Crippen LogP contribution in [0.2, 0.25) is 0 Å². The zero-order valence-corrected chi connectivity index (χ0v) is 22.8. The third-order valence-electron chi connectivity index (χ3n) is 7.64. The van der Waals surface area contributed by atoms with Crippen molar-refractivity contribution in [2.45, 2.75) is 46.1 Å². The van der Waals surface area contributed by atoms with E-state index in [9.17, 15) is 14.7 Å². The first-order valence-electron chi connectivity index (χ1n) is 13.2. The van der Waals surface area contributed by atoms with E-state index in [0.717, 1.165) is 29.8 Å². The molecule has 8 heteroatoms. The van der Waals surface area contributed by atoms with Gasteiger partial charge in [0.25, 0.3) is 11.7 Å². The van der Waals surface area contributed by atoms with Crippen LogP contribution in [0.15, 0.2) is 48.2 Å². The van der Waals surface area contributed by atoms with Gasteiger partial charge in [0, 0.05) is 32.4 Å². The predicted octanol–water partition coefficient (Wildman–Crippen LogP) is 4.00. The van der Waals surface area contributed by atoms with Crippen LogP contribution in [0.25, 0.3) is 11.4 Å². The van der Waals surface area contributed by atoms with Gasteiger partial charge >= 0.3 is 0 Å². The average Bonchev–Trinajstić information content (AvgIpc) is 3.36. The molecule has 5 rings (SSSR count).